The van der Waals surface area contributed by atoms with Gasteiger partial charge in [0.25, 0.3) is 0 Å². The second-order valence-corrected chi connectivity index (χ2v) is 6.24. The topological polar surface area (TPSA) is 12.0 Å². The molecule has 1 aromatic rings. The number of hydrogen-bond donors (Lipinski definition) is 1. The molecule has 1 nitrogen and oxygen atoms in total. The molecule has 0 heterocycles. The maximum absolute atomic E-state index is 3.61. The largest absolute Gasteiger partial charge is 0.310 e. The van der Waals surface area contributed by atoms with Crippen molar-refractivity contribution in [2.45, 2.75) is 40.2 Å². The summed E-state index contributed by atoms with van der Waals surface area (Å²) in [5.41, 5.74) is 1.34. The quantitative estimate of drug-likeness (QED) is 0.797. The number of halogens is 1. The Morgan fingerprint density at radius 3 is 2.35 bits per heavy atom. The van der Waals surface area contributed by atoms with Gasteiger partial charge in [-0.1, -0.05) is 54.9 Å². The van der Waals surface area contributed by atoms with E-state index in [0.29, 0.717) is 6.04 Å². The van der Waals surface area contributed by atoms with Gasteiger partial charge in [0.2, 0.25) is 0 Å². The van der Waals surface area contributed by atoms with Crippen LogP contribution in [0.15, 0.2) is 28.7 Å². The molecule has 0 radical (unpaired) electrons. The Kier molecular flexibility index (Phi) is 6.21. The van der Waals surface area contributed by atoms with E-state index in [1.807, 2.05) is 0 Å². The van der Waals surface area contributed by atoms with Crippen LogP contribution in [0.2, 0.25) is 0 Å². The minimum atomic E-state index is 0.403. The van der Waals surface area contributed by atoms with Gasteiger partial charge in [0.15, 0.2) is 0 Å². The third-order valence-electron chi connectivity index (χ3n) is 3.02. The minimum absolute atomic E-state index is 0.403. The van der Waals surface area contributed by atoms with E-state index >= 15 is 0 Å². The van der Waals surface area contributed by atoms with E-state index in [1.165, 1.54) is 16.5 Å². The van der Waals surface area contributed by atoms with E-state index in [4.69, 9.17) is 0 Å². The Bertz CT molecular complexity index is 335. The maximum atomic E-state index is 3.61. The van der Waals surface area contributed by atoms with Crippen molar-refractivity contribution in [3.8, 4) is 0 Å². The molecule has 2 atom stereocenters. The molecule has 1 rings (SSSR count). The summed E-state index contributed by atoms with van der Waals surface area (Å²) in [6.07, 6.45) is 1.29. The van der Waals surface area contributed by atoms with Gasteiger partial charge in [-0.15, -0.1) is 0 Å². The van der Waals surface area contributed by atoms with Crippen molar-refractivity contribution in [2.24, 2.45) is 11.8 Å². The lowest BCUT2D eigenvalue weighted by Gasteiger charge is -2.20. The lowest BCUT2D eigenvalue weighted by Crippen LogP contribution is -2.25. The fourth-order valence-electron chi connectivity index (χ4n) is 2.20. The summed E-state index contributed by atoms with van der Waals surface area (Å²) in [5.74, 6) is 1.52. The smallest absolute Gasteiger partial charge is 0.0303 e. The number of benzene rings is 1. The number of rotatable bonds is 6. The van der Waals surface area contributed by atoms with Crippen molar-refractivity contribution in [3.63, 3.8) is 0 Å². The standard InChI is InChI=1S/C15H24BrN/c1-11(2)9-12(3)10-17-13(4)14-7-5-6-8-15(14)16/h5-8,11-13,17H,9-10H2,1-4H3/t12?,13-/m1/s1. The van der Waals surface area contributed by atoms with Crippen molar-refractivity contribution >= 4 is 15.9 Å². The molecule has 0 saturated carbocycles. The van der Waals surface area contributed by atoms with Crippen LogP contribution in [0.1, 0.15) is 45.7 Å². The van der Waals surface area contributed by atoms with Gasteiger partial charge in [-0.2, -0.15) is 0 Å². The molecule has 0 aliphatic rings. The van der Waals surface area contributed by atoms with Crippen molar-refractivity contribution in [3.05, 3.63) is 34.3 Å². The third-order valence-corrected chi connectivity index (χ3v) is 3.74. The normalized spacial score (nSPS) is 14.9. The molecular formula is C15H24BrN. The van der Waals surface area contributed by atoms with Gasteiger partial charge < -0.3 is 5.32 Å². The van der Waals surface area contributed by atoms with Gasteiger partial charge in [0.1, 0.15) is 0 Å². The molecule has 1 aromatic carbocycles. The summed E-state index contributed by atoms with van der Waals surface area (Å²) >= 11 is 3.60. The predicted octanol–water partition coefficient (Wildman–Crippen LogP) is 4.78. The molecule has 0 aromatic heterocycles. The van der Waals surface area contributed by atoms with Gasteiger partial charge in [0, 0.05) is 10.5 Å². The Labute approximate surface area is 114 Å². The highest BCUT2D eigenvalue weighted by Gasteiger charge is 2.10. The third kappa shape index (κ3) is 5.22. The monoisotopic (exact) mass is 297 g/mol. The van der Waals surface area contributed by atoms with Gasteiger partial charge >= 0.3 is 0 Å². The van der Waals surface area contributed by atoms with Crippen LogP contribution in [0, 0.1) is 11.8 Å². The van der Waals surface area contributed by atoms with E-state index in [1.54, 1.807) is 0 Å². The minimum Gasteiger partial charge on any atom is -0.310 e. The molecule has 0 aliphatic heterocycles. The van der Waals surface area contributed by atoms with E-state index < -0.39 is 0 Å². The van der Waals surface area contributed by atoms with E-state index in [2.05, 4.69) is 73.2 Å². The van der Waals surface area contributed by atoms with E-state index in [9.17, 15) is 0 Å². The van der Waals surface area contributed by atoms with Crippen molar-refractivity contribution < 1.29 is 0 Å². The van der Waals surface area contributed by atoms with Gasteiger partial charge in [0.05, 0.1) is 0 Å². The fraction of sp³-hybridized carbons (Fsp3) is 0.600. The van der Waals surface area contributed by atoms with Gasteiger partial charge in [-0.05, 0) is 43.4 Å². The summed E-state index contributed by atoms with van der Waals surface area (Å²) in [4.78, 5) is 0. The van der Waals surface area contributed by atoms with Crippen LogP contribution >= 0.6 is 15.9 Å². The van der Waals surface area contributed by atoms with Gasteiger partial charge in [-0.25, -0.2) is 0 Å². The van der Waals surface area contributed by atoms with Crippen molar-refractivity contribution in [2.75, 3.05) is 6.54 Å². The van der Waals surface area contributed by atoms with Crippen LogP contribution in [0.25, 0.3) is 0 Å². The maximum Gasteiger partial charge on any atom is 0.0303 e. The van der Waals surface area contributed by atoms with Gasteiger partial charge in [-0.3, -0.25) is 0 Å². The molecule has 1 N–H and O–H groups in total. The summed E-state index contributed by atoms with van der Waals surface area (Å²) in [7, 11) is 0. The Hall–Kier alpha value is -0.340. The van der Waals surface area contributed by atoms with Crippen LogP contribution in [-0.2, 0) is 0 Å². The Morgan fingerprint density at radius 1 is 1.12 bits per heavy atom. The van der Waals surface area contributed by atoms with Crippen LogP contribution in [-0.4, -0.2) is 6.54 Å². The number of hydrogen-bond acceptors (Lipinski definition) is 1. The first kappa shape index (κ1) is 14.7. The summed E-state index contributed by atoms with van der Waals surface area (Å²) in [6, 6.07) is 8.83. The zero-order valence-corrected chi connectivity index (χ0v) is 12.9. The molecule has 0 saturated heterocycles. The Balaban J connectivity index is 2.45. The van der Waals surface area contributed by atoms with E-state index in [0.717, 1.165) is 18.4 Å². The lowest BCUT2D eigenvalue weighted by atomic mass is 9.98. The summed E-state index contributed by atoms with van der Waals surface area (Å²) < 4.78 is 1.19. The molecule has 0 spiro atoms. The van der Waals surface area contributed by atoms with Crippen LogP contribution in [0.4, 0.5) is 0 Å². The van der Waals surface area contributed by atoms with Crippen molar-refractivity contribution in [1.82, 2.24) is 5.32 Å². The molecule has 0 fully saturated rings. The molecule has 0 aliphatic carbocycles. The van der Waals surface area contributed by atoms with Crippen LogP contribution < -0.4 is 5.32 Å². The summed E-state index contributed by atoms with van der Waals surface area (Å²) in [6.45, 7) is 10.2. The first-order chi connectivity index (χ1) is 8.00. The second kappa shape index (κ2) is 7.17. The Morgan fingerprint density at radius 2 is 1.76 bits per heavy atom. The average molecular weight is 298 g/mol. The zero-order chi connectivity index (χ0) is 12.8. The zero-order valence-electron chi connectivity index (χ0n) is 11.3. The molecule has 1 unspecified atom stereocenters. The van der Waals surface area contributed by atoms with Crippen LogP contribution in [0.5, 0.6) is 0 Å². The second-order valence-electron chi connectivity index (χ2n) is 5.39. The summed E-state index contributed by atoms with van der Waals surface area (Å²) in [5, 5.41) is 3.61. The molecular weight excluding hydrogens is 274 g/mol. The predicted molar refractivity (Wildman–Crippen MR) is 79.2 cm³/mol. The molecule has 17 heavy (non-hydrogen) atoms. The molecule has 0 amide bonds. The van der Waals surface area contributed by atoms with Crippen LogP contribution in [0.3, 0.4) is 0 Å². The average Bonchev–Trinajstić information content (AvgIpc) is 2.25. The molecule has 2 heteroatoms. The first-order valence-corrected chi connectivity index (χ1v) is 7.27. The highest BCUT2D eigenvalue weighted by Crippen LogP contribution is 2.23. The SMILES string of the molecule is CC(C)CC(C)CN[C@H](C)c1ccccc1Br. The molecule has 96 valence electrons. The fourth-order valence-corrected chi connectivity index (χ4v) is 2.83. The van der Waals surface area contributed by atoms with E-state index in [-0.39, 0.29) is 0 Å². The molecule has 0 bridgehead atoms. The first-order valence-electron chi connectivity index (χ1n) is 6.48. The number of nitrogens with one attached hydrogen (secondary N) is 1. The highest BCUT2D eigenvalue weighted by molar-refractivity contribution is 9.10. The highest BCUT2D eigenvalue weighted by atomic mass is 79.9. The lowest BCUT2D eigenvalue weighted by molar-refractivity contribution is 0.396. The van der Waals surface area contributed by atoms with Crippen molar-refractivity contribution in [1.29, 1.82) is 0 Å².